The van der Waals surface area contributed by atoms with Crippen molar-refractivity contribution in [2.45, 2.75) is 71.1 Å². The van der Waals surface area contributed by atoms with Crippen molar-refractivity contribution < 1.29 is 9.59 Å². The molecule has 23 heavy (non-hydrogen) atoms. The van der Waals surface area contributed by atoms with Crippen molar-refractivity contribution in [1.29, 1.82) is 0 Å². The fourth-order valence-electron chi connectivity index (χ4n) is 4.89. The zero-order valence-corrected chi connectivity index (χ0v) is 14.7. The van der Waals surface area contributed by atoms with Gasteiger partial charge in [-0.2, -0.15) is 0 Å². The van der Waals surface area contributed by atoms with Gasteiger partial charge in [0.2, 0.25) is 11.8 Å². The summed E-state index contributed by atoms with van der Waals surface area (Å²) in [6.07, 6.45) is 11.8. The van der Waals surface area contributed by atoms with Gasteiger partial charge in [0.15, 0.2) is 0 Å². The smallest absolute Gasteiger partial charge is 0.227 e. The lowest BCUT2D eigenvalue weighted by molar-refractivity contribution is -0.142. The number of nitrogens with zero attached hydrogens (tertiary/aromatic N) is 2. The Kier molecular flexibility index (Phi) is 5.27. The van der Waals surface area contributed by atoms with Crippen LogP contribution in [0.2, 0.25) is 0 Å². The molecule has 2 amide bonds. The lowest BCUT2D eigenvalue weighted by Crippen LogP contribution is -2.50. The molecule has 0 radical (unpaired) electrons. The molecule has 0 aromatic heterocycles. The quantitative estimate of drug-likeness (QED) is 0.784. The van der Waals surface area contributed by atoms with Gasteiger partial charge in [-0.05, 0) is 43.9 Å². The van der Waals surface area contributed by atoms with Crippen LogP contribution < -0.4 is 0 Å². The molecule has 1 spiro atoms. The van der Waals surface area contributed by atoms with Crippen LogP contribution in [0.25, 0.3) is 0 Å². The summed E-state index contributed by atoms with van der Waals surface area (Å²) >= 11 is 0. The Morgan fingerprint density at radius 1 is 0.913 bits per heavy atom. The van der Waals surface area contributed by atoms with Crippen molar-refractivity contribution in [2.24, 2.45) is 11.3 Å². The standard InChI is InChI=1S/C19H32N2O2/c1-2-17(22)21-12-6-7-16(15-21)18(23)20-13-10-19(11-14-20)8-4-3-5-9-19/h16H,2-15H2,1H3. The lowest BCUT2D eigenvalue weighted by Gasteiger charge is -2.45. The highest BCUT2D eigenvalue weighted by Gasteiger charge is 2.38. The van der Waals surface area contributed by atoms with Gasteiger partial charge in [0, 0.05) is 32.6 Å². The molecule has 0 N–H and O–H groups in total. The summed E-state index contributed by atoms with van der Waals surface area (Å²) in [5, 5.41) is 0. The Balaban J connectivity index is 1.53. The lowest BCUT2D eigenvalue weighted by atomic mass is 9.68. The van der Waals surface area contributed by atoms with Crippen LogP contribution >= 0.6 is 0 Å². The zero-order valence-electron chi connectivity index (χ0n) is 14.7. The molecular formula is C19H32N2O2. The van der Waals surface area contributed by atoms with Crippen LogP contribution in [0.15, 0.2) is 0 Å². The maximum absolute atomic E-state index is 12.9. The van der Waals surface area contributed by atoms with E-state index in [0.717, 1.165) is 32.5 Å². The van der Waals surface area contributed by atoms with E-state index in [2.05, 4.69) is 4.90 Å². The summed E-state index contributed by atoms with van der Waals surface area (Å²) in [4.78, 5) is 28.8. The van der Waals surface area contributed by atoms with E-state index in [1.54, 1.807) is 0 Å². The van der Waals surface area contributed by atoms with Gasteiger partial charge < -0.3 is 9.80 Å². The summed E-state index contributed by atoms with van der Waals surface area (Å²) < 4.78 is 0. The minimum atomic E-state index is 0.0413. The number of carbonyl (C=O) groups is 2. The van der Waals surface area contributed by atoms with Crippen LogP contribution in [0, 0.1) is 11.3 Å². The highest BCUT2D eigenvalue weighted by molar-refractivity contribution is 5.81. The minimum absolute atomic E-state index is 0.0413. The largest absolute Gasteiger partial charge is 0.342 e. The maximum atomic E-state index is 12.9. The predicted molar refractivity (Wildman–Crippen MR) is 90.9 cm³/mol. The summed E-state index contributed by atoms with van der Waals surface area (Å²) in [6, 6.07) is 0. The van der Waals surface area contributed by atoms with Crippen molar-refractivity contribution in [3.05, 3.63) is 0 Å². The molecular weight excluding hydrogens is 288 g/mol. The van der Waals surface area contributed by atoms with E-state index in [-0.39, 0.29) is 11.8 Å². The maximum Gasteiger partial charge on any atom is 0.227 e. The second-order valence-corrected chi connectivity index (χ2v) is 7.92. The van der Waals surface area contributed by atoms with Crippen molar-refractivity contribution in [2.75, 3.05) is 26.2 Å². The highest BCUT2D eigenvalue weighted by atomic mass is 16.2. The van der Waals surface area contributed by atoms with Gasteiger partial charge in [-0.15, -0.1) is 0 Å². The van der Waals surface area contributed by atoms with E-state index in [1.165, 1.54) is 44.9 Å². The average molecular weight is 320 g/mol. The second-order valence-electron chi connectivity index (χ2n) is 7.92. The Morgan fingerprint density at radius 3 is 2.26 bits per heavy atom. The van der Waals surface area contributed by atoms with Crippen LogP contribution in [0.4, 0.5) is 0 Å². The van der Waals surface area contributed by atoms with Crippen molar-refractivity contribution in [3.63, 3.8) is 0 Å². The van der Waals surface area contributed by atoms with Gasteiger partial charge in [0.05, 0.1) is 5.92 Å². The molecule has 0 aromatic rings. The fraction of sp³-hybridized carbons (Fsp3) is 0.895. The number of piperidine rings is 2. The summed E-state index contributed by atoms with van der Waals surface area (Å²) in [5.74, 6) is 0.547. The molecule has 3 fully saturated rings. The molecule has 0 bridgehead atoms. The average Bonchev–Trinajstić information content (AvgIpc) is 2.62. The molecule has 0 aromatic carbocycles. The number of rotatable bonds is 2. The van der Waals surface area contributed by atoms with Crippen LogP contribution in [-0.4, -0.2) is 47.8 Å². The monoisotopic (exact) mass is 320 g/mol. The van der Waals surface area contributed by atoms with Gasteiger partial charge in [-0.1, -0.05) is 26.2 Å². The minimum Gasteiger partial charge on any atom is -0.342 e. The first-order valence-corrected chi connectivity index (χ1v) is 9.70. The van der Waals surface area contributed by atoms with E-state index in [9.17, 15) is 9.59 Å². The van der Waals surface area contributed by atoms with Gasteiger partial charge in [0.1, 0.15) is 0 Å². The third-order valence-corrected chi connectivity index (χ3v) is 6.48. The summed E-state index contributed by atoms with van der Waals surface area (Å²) in [7, 11) is 0. The normalized spacial score (nSPS) is 28.0. The first-order chi connectivity index (χ1) is 11.1. The molecule has 1 saturated carbocycles. The van der Waals surface area contributed by atoms with Gasteiger partial charge >= 0.3 is 0 Å². The number of likely N-dealkylation sites (tertiary alicyclic amines) is 2. The Labute approximate surface area is 140 Å². The Morgan fingerprint density at radius 2 is 1.61 bits per heavy atom. The Bertz CT molecular complexity index is 433. The number of carbonyl (C=O) groups excluding carboxylic acids is 2. The fourth-order valence-corrected chi connectivity index (χ4v) is 4.89. The van der Waals surface area contributed by atoms with Gasteiger partial charge in [-0.25, -0.2) is 0 Å². The van der Waals surface area contributed by atoms with Crippen molar-refractivity contribution in [3.8, 4) is 0 Å². The zero-order chi connectivity index (χ0) is 16.3. The van der Waals surface area contributed by atoms with E-state index < -0.39 is 0 Å². The molecule has 2 aliphatic heterocycles. The molecule has 3 aliphatic rings. The van der Waals surface area contributed by atoms with E-state index in [0.29, 0.717) is 24.3 Å². The molecule has 1 aliphatic carbocycles. The van der Waals surface area contributed by atoms with Crippen LogP contribution in [0.3, 0.4) is 0 Å². The third kappa shape index (κ3) is 3.72. The van der Waals surface area contributed by atoms with E-state index >= 15 is 0 Å². The molecule has 1 unspecified atom stereocenters. The van der Waals surface area contributed by atoms with Gasteiger partial charge in [-0.3, -0.25) is 9.59 Å². The summed E-state index contributed by atoms with van der Waals surface area (Å²) in [6.45, 7) is 5.27. The number of amides is 2. The van der Waals surface area contributed by atoms with Crippen molar-refractivity contribution >= 4 is 11.8 Å². The van der Waals surface area contributed by atoms with Crippen LogP contribution in [0.5, 0.6) is 0 Å². The second kappa shape index (κ2) is 7.23. The first-order valence-electron chi connectivity index (χ1n) is 9.70. The van der Waals surface area contributed by atoms with E-state index in [4.69, 9.17) is 0 Å². The van der Waals surface area contributed by atoms with Crippen molar-refractivity contribution in [1.82, 2.24) is 9.80 Å². The molecule has 4 heteroatoms. The van der Waals surface area contributed by atoms with Crippen LogP contribution in [-0.2, 0) is 9.59 Å². The Hall–Kier alpha value is -1.06. The molecule has 130 valence electrons. The molecule has 3 rings (SSSR count). The summed E-state index contributed by atoms with van der Waals surface area (Å²) in [5.41, 5.74) is 0.547. The topological polar surface area (TPSA) is 40.6 Å². The third-order valence-electron chi connectivity index (χ3n) is 6.48. The number of hydrogen-bond acceptors (Lipinski definition) is 2. The first kappa shape index (κ1) is 16.8. The molecule has 2 saturated heterocycles. The van der Waals surface area contributed by atoms with Gasteiger partial charge in [0.25, 0.3) is 0 Å². The molecule has 4 nitrogen and oxygen atoms in total. The SMILES string of the molecule is CCC(=O)N1CCCC(C(=O)N2CCC3(CCCCC3)CC2)C1. The van der Waals surface area contributed by atoms with E-state index in [1.807, 2.05) is 11.8 Å². The van der Waals surface area contributed by atoms with Crippen LogP contribution in [0.1, 0.15) is 71.1 Å². The number of hydrogen-bond donors (Lipinski definition) is 0. The molecule has 2 heterocycles. The highest BCUT2D eigenvalue weighted by Crippen LogP contribution is 2.44. The molecule has 1 atom stereocenters. The predicted octanol–water partition coefficient (Wildman–Crippen LogP) is 3.21.